The lowest BCUT2D eigenvalue weighted by atomic mass is 10.1. The summed E-state index contributed by atoms with van der Waals surface area (Å²) in [7, 11) is 1.79. The summed E-state index contributed by atoms with van der Waals surface area (Å²) < 4.78 is 5.45. The molecule has 1 nitrogen and oxygen atoms in total. The van der Waals surface area contributed by atoms with Gasteiger partial charge >= 0.3 is 0 Å². The van der Waals surface area contributed by atoms with Crippen molar-refractivity contribution in [2.24, 2.45) is 5.92 Å². The normalized spacial score (nSPS) is 27.2. The van der Waals surface area contributed by atoms with Gasteiger partial charge in [-0.25, -0.2) is 0 Å². The Morgan fingerprint density at radius 3 is 2.83 bits per heavy atom. The van der Waals surface area contributed by atoms with E-state index in [9.17, 15) is 0 Å². The summed E-state index contributed by atoms with van der Waals surface area (Å²) in [5, 5.41) is 0. The van der Waals surface area contributed by atoms with Crippen LogP contribution < -0.4 is 0 Å². The molecule has 0 fully saturated rings. The highest BCUT2D eigenvalue weighted by atomic mass is 16.5. The van der Waals surface area contributed by atoms with Gasteiger partial charge < -0.3 is 4.74 Å². The van der Waals surface area contributed by atoms with Crippen molar-refractivity contribution >= 4 is 0 Å². The van der Waals surface area contributed by atoms with E-state index in [1.165, 1.54) is 11.1 Å². The van der Waals surface area contributed by atoms with E-state index in [2.05, 4.69) is 31.2 Å². The molecule has 1 aliphatic rings. The largest absolute Gasteiger partial charge is 0.376 e. The molecule has 0 saturated carbocycles. The molecule has 0 amide bonds. The van der Waals surface area contributed by atoms with Crippen molar-refractivity contribution in [2.45, 2.75) is 19.4 Å². The van der Waals surface area contributed by atoms with Gasteiger partial charge in [-0.1, -0.05) is 31.2 Å². The molecule has 12 heavy (non-hydrogen) atoms. The van der Waals surface area contributed by atoms with Crippen LogP contribution in [0.3, 0.4) is 0 Å². The lowest BCUT2D eigenvalue weighted by Gasteiger charge is -2.13. The summed E-state index contributed by atoms with van der Waals surface area (Å²) in [6, 6.07) is 8.56. The van der Waals surface area contributed by atoms with E-state index in [0.29, 0.717) is 12.0 Å². The first-order chi connectivity index (χ1) is 5.83. The highest BCUT2D eigenvalue weighted by Crippen LogP contribution is 2.37. The topological polar surface area (TPSA) is 9.23 Å². The van der Waals surface area contributed by atoms with E-state index in [1.54, 1.807) is 7.11 Å². The highest BCUT2D eigenvalue weighted by Gasteiger charge is 2.28. The number of fused-ring (bicyclic) bond motifs is 1. The van der Waals surface area contributed by atoms with Crippen LogP contribution in [0.2, 0.25) is 0 Å². The predicted octanol–water partition coefficient (Wildman–Crippen LogP) is 2.57. The summed E-state index contributed by atoms with van der Waals surface area (Å²) in [6.45, 7) is 2.24. The third kappa shape index (κ3) is 1.05. The molecule has 1 heteroatoms. The Labute approximate surface area is 73.4 Å². The maximum Gasteiger partial charge on any atom is 0.0852 e. The second-order valence-corrected chi connectivity index (χ2v) is 3.54. The van der Waals surface area contributed by atoms with Gasteiger partial charge in [-0.05, 0) is 23.5 Å². The van der Waals surface area contributed by atoms with Crippen LogP contribution in [0, 0.1) is 5.92 Å². The first-order valence-electron chi connectivity index (χ1n) is 4.43. The second kappa shape index (κ2) is 2.91. The van der Waals surface area contributed by atoms with E-state index in [1.807, 2.05) is 0 Å². The third-order valence-electron chi connectivity index (χ3n) is 2.67. The van der Waals surface area contributed by atoms with Crippen LogP contribution in [0.1, 0.15) is 24.2 Å². The van der Waals surface area contributed by atoms with Crippen LogP contribution in [-0.4, -0.2) is 7.11 Å². The Morgan fingerprint density at radius 1 is 1.33 bits per heavy atom. The molecule has 0 saturated heterocycles. The molecule has 2 rings (SSSR count). The van der Waals surface area contributed by atoms with E-state index < -0.39 is 0 Å². The molecule has 2 unspecified atom stereocenters. The van der Waals surface area contributed by atoms with Gasteiger partial charge in [0.15, 0.2) is 0 Å². The van der Waals surface area contributed by atoms with E-state index in [0.717, 1.165) is 6.42 Å². The fourth-order valence-electron chi connectivity index (χ4n) is 2.12. The average Bonchev–Trinajstić information content (AvgIpc) is 2.40. The van der Waals surface area contributed by atoms with E-state index >= 15 is 0 Å². The molecule has 1 aromatic rings. The van der Waals surface area contributed by atoms with Crippen molar-refractivity contribution in [1.29, 1.82) is 0 Å². The van der Waals surface area contributed by atoms with Gasteiger partial charge in [-0.15, -0.1) is 0 Å². The van der Waals surface area contributed by atoms with Crippen LogP contribution >= 0.6 is 0 Å². The van der Waals surface area contributed by atoms with Crippen LogP contribution in [-0.2, 0) is 11.2 Å². The van der Waals surface area contributed by atoms with Crippen molar-refractivity contribution in [3.63, 3.8) is 0 Å². The number of rotatable bonds is 1. The first kappa shape index (κ1) is 7.81. The average molecular weight is 162 g/mol. The van der Waals surface area contributed by atoms with Gasteiger partial charge in [0.1, 0.15) is 0 Å². The molecule has 0 N–H and O–H groups in total. The number of ether oxygens (including phenoxy) is 1. The summed E-state index contributed by atoms with van der Waals surface area (Å²) in [5.74, 6) is 0.632. The van der Waals surface area contributed by atoms with E-state index in [-0.39, 0.29) is 0 Å². The number of hydrogen-bond donors (Lipinski definition) is 0. The van der Waals surface area contributed by atoms with Crippen LogP contribution in [0.5, 0.6) is 0 Å². The zero-order valence-electron chi connectivity index (χ0n) is 7.58. The summed E-state index contributed by atoms with van der Waals surface area (Å²) in [5.41, 5.74) is 2.84. The molecule has 2 atom stereocenters. The Hall–Kier alpha value is -0.820. The van der Waals surface area contributed by atoms with Gasteiger partial charge in [-0.2, -0.15) is 0 Å². The van der Waals surface area contributed by atoms with Crippen molar-refractivity contribution in [1.82, 2.24) is 0 Å². The lowest BCUT2D eigenvalue weighted by molar-refractivity contribution is 0.0695. The summed E-state index contributed by atoms with van der Waals surface area (Å²) in [4.78, 5) is 0. The standard InChI is InChI=1S/C11H14O/c1-8-7-9-5-3-4-6-10(9)11(8)12-2/h3-6,8,11H,7H2,1-2H3. The molecular weight excluding hydrogens is 148 g/mol. The SMILES string of the molecule is COC1c2ccccc2CC1C. The van der Waals surface area contributed by atoms with Gasteiger partial charge in [-0.3, -0.25) is 0 Å². The molecule has 1 aromatic carbocycles. The van der Waals surface area contributed by atoms with Gasteiger partial charge in [0.2, 0.25) is 0 Å². The molecule has 64 valence electrons. The quantitative estimate of drug-likeness (QED) is 0.616. The Kier molecular flexibility index (Phi) is 1.89. The second-order valence-electron chi connectivity index (χ2n) is 3.54. The molecular formula is C11H14O. The lowest BCUT2D eigenvalue weighted by Crippen LogP contribution is -2.04. The van der Waals surface area contributed by atoms with Crippen molar-refractivity contribution in [3.05, 3.63) is 35.4 Å². The minimum absolute atomic E-state index is 0.321. The Morgan fingerprint density at radius 2 is 2.08 bits per heavy atom. The Balaban J connectivity index is 2.40. The molecule has 1 aliphatic carbocycles. The Bertz CT molecular complexity index is 280. The molecule has 0 spiro atoms. The zero-order chi connectivity index (χ0) is 8.55. The first-order valence-corrected chi connectivity index (χ1v) is 4.43. The summed E-state index contributed by atoms with van der Waals surface area (Å²) in [6.07, 6.45) is 1.48. The van der Waals surface area contributed by atoms with Crippen molar-refractivity contribution in [2.75, 3.05) is 7.11 Å². The molecule has 0 aliphatic heterocycles. The van der Waals surface area contributed by atoms with Crippen molar-refractivity contribution < 1.29 is 4.74 Å². The number of hydrogen-bond acceptors (Lipinski definition) is 1. The van der Waals surface area contributed by atoms with Crippen molar-refractivity contribution in [3.8, 4) is 0 Å². The maximum absolute atomic E-state index is 5.45. The van der Waals surface area contributed by atoms with Crippen LogP contribution in [0.4, 0.5) is 0 Å². The highest BCUT2D eigenvalue weighted by molar-refractivity contribution is 5.34. The monoisotopic (exact) mass is 162 g/mol. The van der Waals surface area contributed by atoms with Crippen LogP contribution in [0.15, 0.2) is 24.3 Å². The van der Waals surface area contributed by atoms with Gasteiger partial charge in [0.05, 0.1) is 6.10 Å². The number of methoxy groups -OCH3 is 1. The molecule has 0 bridgehead atoms. The molecule has 0 aromatic heterocycles. The summed E-state index contributed by atoms with van der Waals surface area (Å²) >= 11 is 0. The van der Waals surface area contributed by atoms with Gasteiger partial charge in [0.25, 0.3) is 0 Å². The minimum atomic E-state index is 0.321. The van der Waals surface area contributed by atoms with Crippen LogP contribution in [0.25, 0.3) is 0 Å². The van der Waals surface area contributed by atoms with E-state index in [4.69, 9.17) is 4.74 Å². The fourth-order valence-corrected chi connectivity index (χ4v) is 2.12. The predicted molar refractivity (Wildman–Crippen MR) is 49.1 cm³/mol. The minimum Gasteiger partial charge on any atom is -0.376 e. The molecule has 0 radical (unpaired) electrons. The smallest absolute Gasteiger partial charge is 0.0852 e. The maximum atomic E-state index is 5.45. The van der Waals surface area contributed by atoms with Gasteiger partial charge in [0, 0.05) is 7.11 Å². The third-order valence-corrected chi connectivity index (χ3v) is 2.67. The number of benzene rings is 1. The fraction of sp³-hybridized carbons (Fsp3) is 0.455. The zero-order valence-corrected chi connectivity index (χ0v) is 7.58. The molecule has 0 heterocycles.